The Hall–Kier alpha value is -1.84. The molecular weight excluding hydrogens is 283 g/mol. The van der Waals surface area contributed by atoms with Gasteiger partial charge in [0.25, 0.3) is 0 Å². The zero-order chi connectivity index (χ0) is 13.4. The molecule has 0 amide bonds. The van der Waals surface area contributed by atoms with E-state index in [9.17, 15) is 0 Å². The van der Waals surface area contributed by atoms with Gasteiger partial charge in [-0.05, 0) is 24.3 Å². The maximum Gasteiger partial charge on any atom is 0.0747 e. The molecule has 1 heterocycles. The summed E-state index contributed by atoms with van der Waals surface area (Å²) in [6, 6.07) is 10.8. The summed E-state index contributed by atoms with van der Waals surface area (Å²) in [5.74, 6) is 0. The third-order valence-corrected chi connectivity index (χ3v) is 3.40. The number of rotatable bonds is 1. The van der Waals surface area contributed by atoms with Crippen LogP contribution >= 0.6 is 23.2 Å². The topological polar surface area (TPSA) is 45.5 Å². The van der Waals surface area contributed by atoms with E-state index in [1.54, 1.807) is 24.3 Å². The number of hydrogen-bond acceptors (Lipinski definition) is 3. The molecule has 3 rings (SSSR count). The molecular formula is C14H8Cl2N2O. The summed E-state index contributed by atoms with van der Waals surface area (Å²) < 4.78 is 0. The van der Waals surface area contributed by atoms with Gasteiger partial charge in [-0.2, -0.15) is 0 Å². The summed E-state index contributed by atoms with van der Waals surface area (Å²) >= 11 is 12.0. The molecule has 0 aliphatic rings. The molecule has 0 radical (unpaired) electrons. The van der Waals surface area contributed by atoms with Gasteiger partial charge in [0, 0.05) is 26.4 Å². The van der Waals surface area contributed by atoms with Crippen molar-refractivity contribution in [1.29, 1.82) is 0 Å². The molecule has 2 aromatic carbocycles. The van der Waals surface area contributed by atoms with Gasteiger partial charge >= 0.3 is 0 Å². The molecule has 94 valence electrons. The average molecular weight is 291 g/mol. The number of oxime groups is 1. The minimum Gasteiger partial charge on any atom is -0.411 e. The fourth-order valence-electron chi connectivity index (χ4n) is 2.12. The van der Waals surface area contributed by atoms with Crippen LogP contribution in [-0.4, -0.2) is 16.4 Å². The van der Waals surface area contributed by atoms with Gasteiger partial charge < -0.3 is 5.21 Å². The highest BCUT2D eigenvalue weighted by Gasteiger charge is 2.08. The second kappa shape index (κ2) is 4.68. The van der Waals surface area contributed by atoms with Gasteiger partial charge in [-0.3, -0.25) is 0 Å². The molecule has 0 bridgehead atoms. The van der Waals surface area contributed by atoms with Crippen molar-refractivity contribution in [3.63, 3.8) is 0 Å². The van der Waals surface area contributed by atoms with E-state index in [-0.39, 0.29) is 0 Å². The smallest absolute Gasteiger partial charge is 0.0747 e. The molecule has 0 saturated carbocycles. The maximum atomic E-state index is 8.84. The molecule has 19 heavy (non-hydrogen) atoms. The van der Waals surface area contributed by atoms with E-state index in [0.717, 1.165) is 27.4 Å². The van der Waals surface area contributed by atoms with E-state index in [2.05, 4.69) is 10.1 Å². The van der Waals surface area contributed by atoms with Crippen molar-refractivity contribution >= 4 is 51.2 Å². The number of halogens is 2. The Morgan fingerprint density at radius 3 is 1.95 bits per heavy atom. The van der Waals surface area contributed by atoms with Gasteiger partial charge in [0.15, 0.2) is 0 Å². The second-order valence-electron chi connectivity index (χ2n) is 4.09. The summed E-state index contributed by atoms with van der Waals surface area (Å²) in [5.41, 5.74) is 2.25. The van der Waals surface area contributed by atoms with E-state index in [1.165, 1.54) is 6.21 Å². The first-order valence-electron chi connectivity index (χ1n) is 5.55. The van der Waals surface area contributed by atoms with Crippen LogP contribution in [-0.2, 0) is 0 Å². The summed E-state index contributed by atoms with van der Waals surface area (Å²) in [6.45, 7) is 0. The summed E-state index contributed by atoms with van der Waals surface area (Å²) in [4.78, 5) is 4.53. The van der Waals surface area contributed by atoms with Gasteiger partial charge in [0.2, 0.25) is 0 Å². The van der Waals surface area contributed by atoms with Gasteiger partial charge in [-0.15, -0.1) is 0 Å². The van der Waals surface area contributed by atoms with Crippen molar-refractivity contribution in [2.24, 2.45) is 5.16 Å². The lowest BCUT2D eigenvalue weighted by atomic mass is 10.0. The Labute approximate surface area is 119 Å². The van der Waals surface area contributed by atoms with Crippen molar-refractivity contribution in [2.45, 2.75) is 0 Å². The lowest BCUT2D eigenvalue weighted by molar-refractivity contribution is 0.322. The molecule has 0 atom stereocenters. The second-order valence-corrected chi connectivity index (χ2v) is 4.97. The molecule has 5 heteroatoms. The van der Waals surface area contributed by atoms with Crippen LogP contribution in [0.4, 0.5) is 0 Å². The van der Waals surface area contributed by atoms with E-state index < -0.39 is 0 Å². The highest BCUT2D eigenvalue weighted by atomic mass is 35.5. The lowest BCUT2D eigenvalue weighted by Crippen LogP contribution is -1.92. The summed E-state index contributed by atoms with van der Waals surface area (Å²) in [7, 11) is 0. The third-order valence-electron chi connectivity index (χ3n) is 2.93. The largest absolute Gasteiger partial charge is 0.411 e. The van der Waals surface area contributed by atoms with Crippen molar-refractivity contribution in [1.82, 2.24) is 4.98 Å². The fraction of sp³-hybridized carbons (Fsp3) is 0. The first-order valence-corrected chi connectivity index (χ1v) is 6.30. The summed E-state index contributed by atoms with van der Waals surface area (Å²) in [6.07, 6.45) is 1.40. The van der Waals surface area contributed by atoms with Crippen LogP contribution in [0.25, 0.3) is 21.8 Å². The molecule has 0 unspecified atom stereocenters. The van der Waals surface area contributed by atoms with Gasteiger partial charge in [0.05, 0.1) is 17.2 Å². The van der Waals surface area contributed by atoms with Crippen molar-refractivity contribution in [3.8, 4) is 0 Å². The predicted molar refractivity (Wildman–Crippen MR) is 78.6 cm³/mol. The van der Waals surface area contributed by atoms with Crippen LogP contribution in [0.2, 0.25) is 10.0 Å². The molecule has 3 nitrogen and oxygen atoms in total. The number of fused-ring (bicyclic) bond motifs is 2. The molecule has 1 N–H and O–H groups in total. The van der Waals surface area contributed by atoms with Gasteiger partial charge in [-0.1, -0.05) is 40.5 Å². The molecule has 0 aliphatic heterocycles. The highest BCUT2D eigenvalue weighted by Crippen LogP contribution is 2.28. The van der Waals surface area contributed by atoms with E-state index in [4.69, 9.17) is 28.4 Å². The number of benzene rings is 2. The SMILES string of the molecule is O/N=C\c1c2ccc(Cl)cc2nc2cc(Cl)ccc12. The number of nitrogens with zero attached hydrogens (tertiary/aromatic N) is 2. The minimum absolute atomic E-state index is 0.605. The third kappa shape index (κ3) is 2.11. The molecule has 0 aliphatic carbocycles. The van der Waals surface area contributed by atoms with Crippen molar-refractivity contribution in [2.75, 3.05) is 0 Å². The molecule has 0 fully saturated rings. The Kier molecular flexibility index (Phi) is 3.01. The molecule has 1 aromatic heterocycles. The van der Waals surface area contributed by atoms with Crippen LogP contribution < -0.4 is 0 Å². The monoisotopic (exact) mass is 290 g/mol. The predicted octanol–water partition coefficient (Wildman–Crippen LogP) is 4.50. The highest BCUT2D eigenvalue weighted by molar-refractivity contribution is 6.32. The first kappa shape index (κ1) is 12.2. The quantitative estimate of drug-likeness (QED) is 0.310. The van der Waals surface area contributed by atoms with Gasteiger partial charge in [-0.25, -0.2) is 4.98 Å². The first-order chi connectivity index (χ1) is 9.19. The molecule has 0 spiro atoms. The zero-order valence-electron chi connectivity index (χ0n) is 9.64. The Morgan fingerprint density at radius 1 is 0.947 bits per heavy atom. The molecule has 0 saturated heterocycles. The van der Waals surface area contributed by atoms with E-state index >= 15 is 0 Å². The van der Waals surface area contributed by atoms with Crippen molar-refractivity contribution in [3.05, 3.63) is 52.0 Å². The van der Waals surface area contributed by atoms with Crippen LogP contribution in [0, 0.1) is 0 Å². The normalized spacial score (nSPS) is 11.7. The van der Waals surface area contributed by atoms with Crippen LogP contribution in [0.15, 0.2) is 41.6 Å². The summed E-state index contributed by atoms with van der Waals surface area (Å²) in [5, 5.41) is 14.9. The van der Waals surface area contributed by atoms with Crippen LogP contribution in [0.1, 0.15) is 5.56 Å². The number of aromatic nitrogens is 1. The Balaban J connectivity index is 2.52. The fourth-order valence-corrected chi connectivity index (χ4v) is 2.45. The maximum absolute atomic E-state index is 8.84. The van der Waals surface area contributed by atoms with E-state index in [1.807, 2.05) is 12.1 Å². The van der Waals surface area contributed by atoms with Crippen LogP contribution in [0.5, 0.6) is 0 Å². The number of pyridine rings is 1. The van der Waals surface area contributed by atoms with Crippen molar-refractivity contribution < 1.29 is 5.21 Å². The Morgan fingerprint density at radius 2 is 1.47 bits per heavy atom. The lowest BCUT2D eigenvalue weighted by Gasteiger charge is -2.07. The minimum atomic E-state index is 0.605. The number of hydrogen-bond donors (Lipinski definition) is 1. The van der Waals surface area contributed by atoms with Gasteiger partial charge in [0.1, 0.15) is 0 Å². The Bertz CT molecular complexity index is 755. The van der Waals surface area contributed by atoms with E-state index in [0.29, 0.717) is 10.0 Å². The molecule has 3 aromatic rings. The average Bonchev–Trinajstić information content (AvgIpc) is 2.37. The zero-order valence-corrected chi connectivity index (χ0v) is 11.2. The van der Waals surface area contributed by atoms with Crippen LogP contribution in [0.3, 0.4) is 0 Å². The standard InChI is InChI=1S/C14H8Cl2N2O/c15-8-1-3-10-12(7-17-19)11-4-2-9(16)6-14(11)18-13(10)5-8/h1-7,19H/b17-7-.